The Labute approximate surface area is 196 Å². The number of hydrogen-bond donors (Lipinski definition) is 2. The van der Waals surface area contributed by atoms with Crippen molar-refractivity contribution in [3.63, 3.8) is 0 Å². The summed E-state index contributed by atoms with van der Waals surface area (Å²) >= 11 is 12.0. The molecule has 0 spiro atoms. The molecule has 2 N–H and O–H groups in total. The Bertz CT molecular complexity index is 1330. The second-order valence-corrected chi connectivity index (χ2v) is 7.73. The number of carbonyl (C=O) groups is 2. The number of aromatic carboxylic acids is 1. The number of carbonyl (C=O) groups excluding carboxylic acids is 1. The van der Waals surface area contributed by atoms with Crippen LogP contribution in [0.3, 0.4) is 0 Å². The van der Waals surface area contributed by atoms with Gasteiger partial charge < -0.3 is 10.2 Å². The summed E-state index contributed by atoms with van der Waals surface area (Å²) in [4.78, 5) is 38.0. The van der Waals surface area contributed by atoms with Gasteiger partial charge in [0.1, 0.15) is 23.5 Å². The Morgan fingerprint density at radius 1 is 1.18 bits per heavy atom. The number of aryl methyl sites for hydroxylation is 1. The van der Waals surface area contributed by atoms with Gasteiger partial charge in [0.2, 0.25) is 0 Å². The minimum Gasteiger partial charge on any atom is -0.504 e. The van der Waals surface area contributed by atoms with E-state index in [1.54, 1.807) is 32.2 Å². The standard InChI is InChI=1S/C21H16Cl2N4O6/c1-10(18-20(29)19(26(2)25-18)12-4-6-14(22)15(23)7-12)24-9-17(28)11-3-5-13(21(30)31)16(8-11)27(32)33/h3-8,29H,9H2,1-2H3,(H,30,31). The molecule has 3 rings (SSSR count). The Balaban J connectivity index is 1.88. The number of hydrogen-bond acceptors (Lipinski definition) is 7. The zero-order valence-electron chi connectivity index (χ0n) is 17.2. The summed E-state index contributed by atoms with van der Waals surface area (Å²) < 4.78 is 1.43. The van der Waals surface area contributed by atoms with E-state index in [0.717, 1.165) is 12.1 Å². The zero-order valence-corrected chi connectivity index (χ0v) is 18.8. The molecule has 0 bridgehead atoms. The average molecular weight is 491 g/mol. The molecule has 0 atom stereocenters. The Hall–Kier alpha value is -3.76. The van der Waals surface area contributed by atoms with E-state index < -0.39 is 34.5 Å². The number of Topliss-reactive ketones (excluding diaryl/α,β-unsaturated/α-hetero) is 1. The quantitative estimate of drug-likeness (QED) is 0.215. The monoisotopic (exact) mass is 490 g/mol. The van der Waals surface area contributed by atoms with Gasteiger partial charge in [-0.1, -0.05) is 29.3 Å². The van der Waals surface area contributed by atoms with Gasteiger partial charge in [0.25, 0.3) is 5.69 Å². The van der Waals surface area contributed by atoms with Crippen LogP contribution in [0.2, 0.25) is 10.0 Å². The number of nitrogens with zero attached hydrogens (tertiary/aromatic N) is 4. The van der Waals surface area contributed by atoms with Gasteiger partial charge in [-0.2, -0.15) is 5.10 Å². The lowest BCUT2D eigenvalue weighted by atomic mass is 10.1. The third-order valence-corrected chi connectivity index (χ3v) is 5.50. The minimum absolute atomic E-state index is 0.0648. The Morgan fingerprint density at radius 3 is 2.48 bits per heavy atom. The third-order valence-electron chi connectivity index (χ3n) is 4.76. The SMILES string of the molecule is CC(=NCC(=O)c1ccc(C(=O)O)c([N+](=O)[O-])c1)c1nn(C)c(-c2ccc(Cl)c(Cl)c2)c1O. The summed E-state index contributed by atoms with van der Waals surface area (Å²) in [6, 6.07) is 7.91. The number of carboxylic acid groups (broad SMARTS) is 1. The van der Waals surface area contributed by atoms with E-state index in [0.29, 0.717) is 21.3 Å². The number of aromatic hydroxyl groups is 1. The second-order valence-electron chi connectivity index (χ2n) is 6.92. The van der Waals surface area contributed by atoms with Crippen molar-refractivity contribution in [3.05, 3.63) is 73.4 Å². The molecule has 0 radical (unpaired) electrons. The molecule has 0 aliphatic carbocycles. The Morgan fingerprint density at radius 2 is 1.88 bits per heavy atom. The maximum absolute atomic E-state index is 12.5. The first-order valence-electron chi connectivity index (χ1n) is 9.29. The van der Waals surface area contributed by atoms with Crippen LogP contribution in [0.25, 0.3) is 11.3 Å². The molecule has 0 saturated carbocycles. The summed E-state index contributed by atoms with van der Waals surface area (Å²) in [5, 5.41) is 35.8. The predicted molar refractivity (Wildman–Crippen MR) is 122 cm³/mol. The van der Waals surface area contributed by atoms with Crippen LogP contribution in [0.5, 0.6) is 5.75 Å². The summed E-state index contributed by atoms with van der Waals surface area (Å²) in [5.41, 5.74) is 0.0392. The molecule has 0 saturated heterocycles. The average Bonchev–Trinajstić information content (AvgIpc) is 3.07. The lowest BCUT2D eigenvalue weighted by Crippen LogP contribution is -2.09. The van der Waals surface area contributed by atoms with Crippen LogP contribution in [0, 0.1) is 10.1 Å². The van der Waals surface area contributed by atoms with Crippen LogP contribution < -0.4 is 0 Å². The first kappa shape index (κ1) is 23.9. The van der Waals surface area contributed by atoms with Crippen LogP contribution in [-0.4, -0.2) is 48.9 Å². The van der Waals surface area contributed by atoms with E-state index >= 15 is 0 Å². The molecule has 33 heavy (non-hydrogen) atoms. The normalized spacial score (nSPS) is 11.5. The number of aliphatic imine (C=N–C) groups is 1. The highest BCUT2D eigenvalue weighted by molar-refractivity contribution is 6.42. The van der Waals surface area contributed by atoms with E-state index in [1.807, 2.05) is 0 Å². The van der Waals surface area contributed by atoms with Crippen LogP contribution in [-0.2, 0) is 7.05 Å². The summed E-state index contributed by atoms with van der Waals surface area (Å²) in [7, 11) is 1.61. The summed E-state index contributed by atoms with van der Waals surface area (Å²) in [6.07, 6.45) is 0. The third kappa shape index (κ3) is 4.86. The van der Waals surface area contributed by atoms with E-state index in [2.05, 4.69) is 10.1 Å². The molecule has 3 aromatic rings. The fraction of sp³-hybridized carbons (Fsp3) is 0.143. The summed E-state index contributed by atoms with van der Waals surface area (Å²) in [5.74, 6) is -2.22. The molecule has 1 aromatic heterocycles. The van der Waals surface area contributed by atoms with Gasteiger partial charge in [0.05, 0.1) is 20.7 Å². The molecule has 0 aliphatic heterocycles. The predicted octanol–water partition coefficient (Wildman–Crippen LogP) is 4.40. The molecule has 0 aliphatic rings. The molecule has 0 unspecified atom stereocenters. The molecule has 0 amide bonds. The van der Waals surface area contributed by atoms with E-state index in [1.165, 1.54) is 10.7 Å². The van der Waals surface area contributed by atoms with Gasteiger partial charge in [-0.25, -0.2) is 4.79 Å². The van der Waals surface area contributed by atoms with Crippen molar-refractivity contribution in [1.82, 2.24) is 9.78 Å². The van der Waals surface area contributed by atoms with Gasteiger partial charge in [0, 0.05) is 24.2 Å². The maximum atomic E-state index is 12.5. The van der Waals surface area contributed by atoms with Gasteiger partial charge in [-0.05, 0) is 31.2 Å². The van der Waals surface area contributed by atoms with Gasteiger partial charge >= 0.3 is 5.97 Å². The van der Waals surface area contributed by atoms with Gasteiger partial charge in [-0.15, -0.1) is 0 Å². The molecule has 0 fully saturated rings. The fourth-order valence-electron chi connectivity index (χ4n) is 3.12. The second kappa shape index (κ2) is 9.39. The van der Waals surface area contributed by atoms with Crippen molar-refractivity contribution in [3.8, 4) is 17.0 Å². The number of rotatable bonds is 7. The number of aromatic nitrogens is 2. The number of benzene rings is 2. The molecule has 170 valence electrons. The maximum Gasteiger partial charge on any atom is 0.342 e. The lowest BCUT2D eigenvalue weighted by molar-refractivity contribution is -0.385. The number of nitro benzene ring substituents is 1. The summed E-state index contributed by atoms with van der Waals surface area (Å²) in [6.45, 7) is 1.15. The fourth-order valence-corrected chi connectivity index (χ4v) is 3.42. The van der Waals surface area contributed by atoms with Gasteiger partial charge in [-0.3, -0.25) is 24.6 Å². The van der Waals surface area contributed by atoms with Crippen molar-refractivity contribution in [2.24, 2.45) is 12.0 Å². The van der Waals surface area contributed by atoms with Crippen LogP contribution in [0.4, 0.5) is 5.69 Å². The van der Waals surface area contributed by atoms with E-state index in [9.17, 15) is 24.8 Å². The molecular formula is C21H16Cl2N4O6. The highest BCUT2D eigenvalue weighted by Crippen LogP contribution is 2.35. The molecule has 12 heteroatoms. The number of ketones is 1. The van der Waals surface area contributed by atoms with Crippen molar-refractivity contribution in [2.45, 2.75) is 6.92 Å². The van der Waals surface area contributed by atoms with E-state index in [-0.39, 0.29) is 22.7 Å². The molecule has 1 heterocycles. The highest BCUT2D eigenvalue weighted by Gasteiger charge is 2.23. The number of carboxylic acids is 1. The Kier molecular flexibility index (Phi) is 6.80. The lowest BCUT2D eigenvalue weighted by Gasteiger charge is -2.04. The number of halogens is 2. The van der Waals surface area contributed by atoms with Crippen molar-refractivity contribution in [1.29, 1.82) is 0 Å². The zero-order chi connectivity index (χ0) is 24.4. The first-order chi connectivity index (χ1) is 15.5. The van der Waals surface area contributed by atoms with E-state index in [4.69, 9.17) is 28.3 Å². The van der Waals surface area contributed by atoms with Crippen LogP contribution >= 0.6 is 23.2 Å². The molecule has 10 nitrogen and oxygen atoms in total. The van der Waals surface area contributed by atoms with Crippen LogP contribution in [0.1, 0.15) is 33.3 Å². The smallest absolute Gasteiger partial charge is 0.342 e. The van der Waals surface area contributed by atoms with Gasteiger partial charge in [0.15, 0.2) is 11.5 Å². The first-order valence-corrected chi connectivity index (χ1v) is 10.0. The van der Waals surface area contributed by atoms with Crippen LogP contribution in [0.15, 0.2) is 41.4 Å². The topological polar surface area (TPSA) is 148 Å². The highest BCUT2D eigenvalue weighted by atomic mass is 35.5. The number of nitro groups is 1. The van der Waals surface area contributed by atoms with Crippen molar-refractivity contribution in [2.75, 3.05) is 6.54 Å². The molecule has 2 aromatic carbocycles. The molecular weight excluding hydrogens is 475 g/mol. The minimum atomic E-state index is -1.47. The largest absolute Gasteiger partial charge is 0.504 e. The van der Waals surface area contributed by atoms with Crippen molar-refractivity contribution >= 4 is 46.4 Å². The van der Waals surface area contributed by atoms with Crippen molar-refractivity contribution < 1.29 is 24.7 Å².